The van der Waals surface area contributed by atoms with Crippen LogP contribution in [0.15, 0.2) is 4.99 Å². The van der Waals surface area contributed by atoms with Crippen molar-refractivity contribution in [2.24, 2.45) is 4.99 Å². The van der Waals surface area contributed by atoms with Crippen LogP contribution in [-0.4, -0.2) is 60.3 Å². The SMILES string of the molecule is CCSC1CCCC(NC(=NC)NCC2(SCC)CCOCC2)C1.I. The van der Waals surface area contributed by atoms with Gasteiger partial charge in [-0.15, -0.1) is 24.0 Å². The topological polar surface area (TPSA) is 45.7 Å². The Morgan fingerprint density at radius 1 is 1.20 bits per heavy atom. The van der Waals surface area contributed by atoms with Crippen molar-refractivity contribution < 1.29 is 4.74 Å². The Kier molecular flexibility index (Phi) is 12.3. The van der Waals surface area contributed by atoms with Crippen LogP contribution in [0.2, 0.25) is 0 Å². The van der Waals surface area contributed by atoms with E-state index in [0.29, 0.717) is 10.8 Å². The molecule has 0 aromatic heterocycles. The van der Waals surface area contributed by atoms with Gasteiger partial charge in [-0.3, -0.25) is 4.99 Å². The van der Waals surface area contributed by atoms with Crippen LogP contribution in [0.1, 0.15) is 52.4 Å². The van der Waals surface area contributed by atoms with Crippen LogP contribution in [0, 0.1) is 0 Å². The van der Waals surface area contributed by atoms with Crippen LogP contribution in [-0.2, 0) is 4.74 Å². The Morgan fingerprint density at radius 2 is 1.96 bits per heavy atom. The fourth-order valence-corrected chi connectivity index (χ4v) is 6.13. The van der Waals surface area contributed by atoms with Gasteiger partial charge in [0, 0.05) is 42.8 Å². The van der Waals surface area contributed by atoms with E-state index in [-0.39, 0.29) is 24.0 Å². The van der Waals surface area contributed by atoms with Gasteiger partial charge in [0.05, 0.1) is 0 Å². The maximum Gasteiger partial charge on any atom is 0.191 e. The molecular weight excluding hydrogens is 465 g/mol. The highest BCUT2D eigenvalue weighted by Crippen LogP contribution is 2.34. The molecule has 2 aliphatic rings. The minimum absolute atomic E-state index is 0. The molecule has 0 aromatic carbocycles. The molecule has 148 valence electrons. The van der Waals surface area contributed by atoms with E-state index in [1.165, 1.54) is 31.4 Å². The van der Waals surface area contributed by atoms with E-state index in [1.807, 2.05) is 7.05 Å². The van der Waals surface area contributed by atoms with E-state index >= 15 is 0 Å². The lowest BCUT2D eigenvalue weighted by Crippen LogP contribution is -2.51. The zero-order valence-electron chi connectivity index (χ0n) is 16.0. The summed E-state index contributed by atoms with van der Waals surface area (Å²) in [7, 11) is 1.89. The molecule has 2 rings (SSSR count). The number of ether oxygens (including phenoxy) is 1. The molecule has 2 fully saturated rings. The van der Waals surface area contributed by atoms with Crippen LogP contribution in [0.5, 0.6) is 0 Å². The minimum Gasteiger partial charge on any atom is -0.381 e. The molecule has 0 bridgehead atoms. The lowest BCUT2D eigenvalue weighted by Gasteiger charge is -2.37. The van der Waals surface area contributed by atoms with E-state index in [1.54, 1.807) is 0 Å². The first kappa shape index (κ1) is 23.7. The van der Waals surface area contributed by atoms with Gasteiger partial charge in [0.2, 0.25) is 0 Å². The number of hydrogen-bond donors (Lipinski definition) is 2. The van der Waals surface area contributed by atoms with Gasteiger partial charge in [-0.25, -0.2) is 0 Å². The highest BCUT2D eigenvalue weighted by molar-refractivity contribution is 14.0. The molecule has 0 spiro atoms. The van der Waals surface area contributed by atoms with Crippen molar-refractivity contribution in [3.05, 3.63) is 0 Å². The summed E-state index contributed by atoms with van der Waals surface area (Å²) in [6.45, 7) is 7.27. The van der Waals surface area contributed by atoms with Gasteiger partial charge in [-0.2, -0.15) is 23.5 Å². The van der Waals surface area contributed by atoms with E-state index in [4.69, 9.17) is 4.74 Å². The summed E-state index contributed by atoms with van der Waals surface area (Å²) in [4.78, 5) is 4.48. The molecule has 0 aromatic rings. The molecule has 1 saturated heterocycles. The highest BCUT2D eigenvalue weighted by atomic mass is 127. The first-order chi connectivity index (χ1) is 11.7. The first-order valence-electron chi connectivity index (χ1n) is 9.52. The summed E-state index contributed by atoms with van der Waals surface area (Å²) >= 11 is 4.19. The van der Waals surface area contributed by atoms with E-state index in [2.05, 4.69) is 53.0 Å². The summed E-state index contributed by atoms with van der Waals surface area (Å²) in [5.74, 6) is 3.36. The molecule has 1 heterocycles. The highest BCUT2D eigenvalue weighted by Gasteiger charge is 2.33. The molecule has 0 amide bonds. The molecule has 2 unspecified atom stereocenters. The van der Waals surface area contributed by atoms with Crippen LogP contribution in [0.25, 0.3) is 0 Å². The van der Waals surface area contributed by atoms with E-state index in [0.717, 1.165) is 49.6 Å². The van der Waals surface area contributed by atoms with Gasteiger partial charge in [0.15, 0.2) is 5.96 Å². The number of guanidine groups is 1. The number of aliphatic imine (C=N–C) groups is 1. The number of nitrogens with one attached hydrogen (secondary N) is 2. The van der Waals surface area contributed by atoms with Crippen LogP contribution >= 0.6 is 47.5 Å². The predicted molar refractivity (Wildman–Crippen MR) is 125 cm³/mol. The van der Waals surface area contributed by atoms with Crippen molar-refractivity contribution in [1.82, 2.24) is 10.6 Å². The standard InChI is InChI=1S/C18H35N3OS2.HI/c1-4-23-16-8-6-7-15(13-16)21-17(19-3)20-14-18(24-5-2)9-11-22-12-10-18;/h15-16H,4-14H2,1-3H3,(H2,19,20,21);1H. The Hall–Kier alpha value is 0.660. The third kappa shape index (κ3) is 8.05. The molecular formula is C18H36IN3OS2. The predicted octanol–water partition coefficient (Wildman–Crippen LogP) is 4.14. The Balaban J connectivity index is 0.00000312. The number of thioether (sulfide) groups is 2. The average Bonchev–Trinajstić information content (AvgIpc) is 2.60. The molecule has 1 aliphatic heterocycles. The van der Waals surface area contributed by atoms with Crippen LogP contribution in [0.4, 0.5) is 0 Å². The third-order valence-electron chi connectivity index (χ3n) is 5.03. The van der Waals surface area contributed by atoms with Gasteiger partial charge in [0.25, 0.3) is 0 Å². The van der Waals surface area contributed by atoms with E-state index < -0.39 is 0 Å². The summed E-state index contributed by atoms with van der Waals surface area (Å²) in [6, 6.07) is 0.568. The van der Waals surface area contributed by atoms with Gasteiger partial charge in [-0.05, 0) is 43.6 Å². The zero-order valence-corrected chi connectivity index (χ0v) is 20.0. The van der Waals surface area contributed by atoms with Crippen molar-refractivity contribution in [1.29, 1.82) is 0 Å². The third-order valence-corrected chi connectivity index (χ3v) is 7.71. The smallest absolute Gasteiger partial charge is 0.191 e. The van der Waals surface area contributed by atoms with Crippen LogP contribution in [0.3, 0.4) is 0 Å². The van der Waals surface area contributed by atoms with Gasteiger partial charge in [-0.1, -0.05) is 20.3 Å². The van der Waals surface area contributed by atoms with Crippen molar-refractivity contribution >= 4 is 53.5 Å². The second-order valence-electron chi connectivity index (χ2n) is 6.74. The molecule has 1 saturated carbocycles. The second kappa shape index (κ2) is 12.9. The van der Waals surface area contributed by atoms with Crippen molar-refractivity contribution in [3.63, 3.8) is 0 Å². The summed E-state index contributed by atoms with van der Waals surface area (Å²) < 4.78 is 5.87. The van der Waals surface area contributed by atoms with Gasteiger partial charge in [0.1, 0.15) is 0 Å². The molecule has 1 aliphatic carbocycles. The second-order valence-corrected chi connectivity index (χ2v) is 10.0. The Bertz CT molecular complexity index is 385. The van der Waals surface area contributed by atoms with Gasteiger partial charge < -0.3 is 15.4 Å². The molecule has 0 radical (unpaired) electrons. The molecule has 4 nitrogen and oxygen atoms in total. The fourth-order valence-electron chi connectivity index (χ4n) is 3.72. The maximum absolute atomic E-state index is 5.57. The lowest BCUT2D eigenvalue weighted by atomic mass is 9.95. The number of rotatable bonds is 7. The largest absolute Gasteiger partial charge is 0.381 e. The molecule has 2 N–H and O–H groups in total. The van der Waals surface area contributed by atoms with Gasteiger partial charge >= 0.3 is 0 Å². The lowest BCUT2D eigenvalue weighted by molar-refractivity contribution is 0.0782. The number of nitrogens with zero attached hydrogens (tertiary/aromatic N) is 1. The Labute approximate surface area is 179 Å². The maximum atomic E-state index is 5.57. The Morgan fingerprint density at radius 3 is 2.60 bits per heavy atom. The summed E-state index contributed by atoms with van der Waals surface area (Å²) in [6.07, 6.45) is 7.51. The number of halogens is 1. The zero-order chi connectivity index (χ0) is 17.3. The van der Waals surface area contributed by atoms with Crippen molar-refractivity contribution in [2.45, 2.75) is 68.4 Å². The van der Waals surface area contributed by atoms with Crippen molar-refractivity contribution in [3.8, 4) is 0 Å². The van der Waals surface area contributed by atoms with E-state index in [9.17, 15) is 0 Å². The summed E-state index contributed by atoms with van der Waals surface area (Å²) in [5.41, 5.74) is 0. The average molecular weight is 502 g/mol. The molecule has 25 heavy (non-hydrogen) atoms. The molecule has 7 heteroatoms. The molecule has 2 atom stereocenters. The van der Waals surface area contributed by atoms with Crippen molar-refractivity contribution in [2.75, 3.05) is 38.3 Å². The first-order valence-corrected chi connectivity index (χ1v) is 11.5. The van der Waals surface area contributed by atoms with Crippen LogP contribution < -0.4 is 10.6 Å². The quantitative estimate of drug-likeness (QED) is 0.312. The monoisotopic (exact) mass is 501 g/mol. The fraction of sp³-hybridized carbons (Fsp3) is 0.944. The normalized spacial score (nSPS) is 26.6. The summed E-state index contributed by atoms with van der Waals surface area (Å²) in [5, 5.41) is 8.11. The minimum atomic E-state index is 0. The number of hydrogen-bond acceptors (Lipinski definition) is 4.